The van der Waals surface area contributed by atoms with Crippen molar-refractivity contribution >= 4 is 17.3 Å². The molecule has 3 aromatic rings. The molecule has 7 nitrogen and oxygen atoms in total. The highest BCUT2D eigenvalue weighted by atomic mass is 16.7. The molecule has 4 rings (SSSR count). The first-order valence-electron chi connectivity index (χ1n) is 9.64. The summed E-state index contributed by atoms with van der Waals surface area (Å²) in [6.07, 6.45) is -0.467. The quantitative estimate of drug-likeness (QED) is 0.474. The van der Waals surface area contributed by atoms with Gasteiger partial charge < -0.3 is 4.90 Å². The molecular weight excluding hydrogens is 382 g/mol. The summed E-state index contributed by atoms with van der Waals surface area (Å²) in [6.45, 7) is 2.76. The van der Waals surface area contributed by atoms with E-state index in [1.165, 1.54) is 24.3 Å². The van der Waals surface area contributed by atoms with Crippen molar-refractivity contribution in [2.24, 2.45) is 0 Å². The van der Waals surface area contributed by atoms with Crippen molar-refractivity contribution in [3.8, 4) is 0 Å². The first kappa shape index (κ1) is 19.6. The average molecular weight is 403 g/mol. The Labute approximate surface area is 174 Å². The van der Waals surface area contributed by atoms with Crippen LogP contribution in [0.2, 0.25) is 0 Å². The minimum atomic E-state index is -0.477. The van der Waals surface area contributed by atoms with E-state index in [4.69, 9.17) is 4.84 Å². The lowest BCUT2D eigenvalue weighted by Gasteiger charge is -2.44. The third-order valence-electron chi connectivity index (χ3n) is 5.05. The number of anilines is 1. The number of benzene rings is 3. The van der Waals surface area contributed by atoms with Crippen LogP contribution in [0, 0.1) is 17.0 Å². The molecule has 1 atom stereocenters. The van der Waals surface area contributed by atoms with Gasteiger partial charge in [-0.15, -0.1) is 0 Å². The van der Waals surface area contributed by atoms with Gasteiger partial charge in [0, 0.05) is 24.2 Å². The van der Waals surface area contributed by atoms with Crippen molar-refractivity contribution in [1.29, 1.82) is 0 Å². The van der Waals surface area contributed by atoms with Gasteiger partial charge in [0.15, 0.2) is 6.17 Å². The second-order valence-corrected chi connectivity index (χ2v) is 7.08. The highest BCUT2D eigenvalue weighted by Crippen LogP contribution is 2.34. The maximum absolute atomic E-state index is 13.4. The maximum atomic E-state index is 13.4. The fourth-order valence-electron chi connectivity index (χ4n) is 3.51. The molecule has 1 heterocycles. The van der Waals surface area contributed by atoms with Crippen LogP contribution in [0.5, 0.6) is 0 Å². The number of hydrogen-bond acceptors (Lipinski definition) is 5. The van der Waals surface area contributed by atoms with E-state index in [-0.39, 0.29) is 11.6 Å². The Balaban J connectivity index is 1.72. The van der Waals surface area contributed by atoms with E-state index in [9.17, 15) is 14.9 Å². The van der Waals surface area contributed by atoms with Gasteiger partial charge in [0.05, 0.1) is 17.2 Å². The van der Waals surface area contributed by atoms with E-state index in [1.54, 1.807) is 9.96 Å². The summed E-state index contributed by atoms with van der Waals surface area (Å²) in [6, 6.07) is 23.3. The van der Waals surface area contributed by atoms with E-state index in [0.717, 1.165) is 16.8 Å². The number of carbonyl (C=O) groups is 1. The number of carbonyl (C=O) groups excluding carboxylic acids is 1. The molecule has 30 heavy (non-hydrogen) atoms. The van der Waals surface area contributed by atoms with Crippen molar-refractivity contribution in [2.75, 3.05) is 18.2 Å². The van der Waals surface area contributed by atoms with Crippen molar-refractivity contribution in [2.45, 2.75) is 13.1 Å². The molecule has 1 aliphatic rings. The van der Waals surface area contributed by atoms with Crippen LogP contribution in [0.15, 0.2) is 78.9 Å². The van der Waals surface area contributed by atoms with Gasteiger partial charge in [0.25, 0.3) is 11.6 Å². The van der Waals surface area contributed by atoms with Gasteiger partial charge in [0.2, 0.25) is 0 Å². The highest BCUT2D eigenvalue weighted by molar-refractivity contribution is 5.95. The fraction of sp³-hybridized carbons (Fsp3) is 0.174. The standard InChI is InChI=1S/C23H21N3O4/c1-17-7-11-20(12-8-17)25-22(18-5-3-2-4-6-18)24(15-16-30-25)23(27)19-9-13-21(14-10-19)26(28)29/h2-14,22H,15-16H2,1H3. The SMILES string of the molecule is Cc1ccc(N2OCCN(C(=O)c3ccc([N+](=O)[O-])cc3)C2c2ccccc2)cc1. The Bertz CT molecular complexity index is 1040. The van der Waals surface area contributed by atoms with E-state index in [0.29, 0.717) is 18.7 Å². The Morgan fingerprint density at radius 3 is 2.30 bits per heavy atom. The second-order valence-electron chi connectivity index (χ2n) is 7.08. The van der Waals surface area contributed by atoms with Crippen molar-refractivity contribution < 1.29 is 14.6 Å². The minimum Gasteiger partial charge on any atom is -0.310 e. The molecule has 7 heteroatoms. The Morgan fingerprint density at radius 2 is 1.67 bits per heavy atom. The molecule has 1 saturated heterocycles. The highest BCUT2D eigenvalue weighted by Gasteiger charge is 2.35. The lowest BCUT2D eigenvalue weighted by atomic mass is 10.1. The zero-order valence-electron chi connectivity index (χ0n) is 16.5. The van der Waals surface area contributed by atoms with Crippen LogP contribution in [0.1, 0.15) is 27.7 Å². The summed E-state index contributed by atoms with van der Waals surface area (Å²) >= 11 is 0. The van der Waals surface area contributed by atoms with Crippen LogP contribution >= 0.6 is 0 Å². The first-order chi connectivity index (χ1) is 14.5. The number of nitrogens with zero attached hydrogens (tertiary/aromatic N) is 3. The third-order valence-corrected chi connectivity index (χ3v) is 5.05. The van der Waals surface area contributed by atoms with Crippen LogP contribution in [0.25, 0.3) is 0 Å². The summed E-state index contributed by atoms with van der Waals surface area (Å²) in [5.74, 6) is -0.209. The predicted octanol–water partition coefficient (Wildman–Crippen LogP) is 4.50. The molecule has 1 unspecified atom stereocenters. The smallest absolute Gasteiger partial charge is 0.269 e. The molecule has 0 aliphatic carbocycles. The van der Waals surface area contributed by atoms with Gasteiger partial charge in [-0.05, 0) is 36.8 Å². The molecular formula is C23H21N3O4. The van der Waals surface area contributed by atoms with E-state index < -0.39 is 11.1 Å². The maximum Gasteiger partial charge on any atom is 0.269 e. The summed E-state index contributed by atoms with van der Waals surface area (Å²) in [7, 11) is 0. The zero-order valence-corrected chi connectivity index (χ0v) is 16.5. The molecule has 1 amide bonds. The van der Waals surface area contributed by atoms with Crippen molar-refractivity contribution in [1.82, 2.24) is 4.90 Å². The molecule has 0 N–H and O–H groups in total. The van der Waals surface area contributed by atoms with E-state index in [2.05, 4.69) is 0 Å². The molecule has 3 aromatic carbocycles. The monoisotopic (exact) mass is 403 g/mol. The van der Waals surface area contributed by atoms with Crippen molar-refractivity contribution in [3.05, 3.63) is 106 Å². The fourth-order valence-corrected chi connectivity index (χ4v) is 3.51. The molecule has 1 fully saturated rings. The van der Waals surface area contributed by atoms with Gasteiger partial charge in [-0.1, -0.05) is 48.0 Å². The number of hydroxylamine groups is 1. The number of non-ortho nitro benzene ring substituents is 1. The number of hydrogen-bond donors (Lipinski definition) is 0. The van der Waals surface area contributed by atoms with Crippen molar-refractivity contribution in [3.63, 3.8) is 0 Å². The summed E-state index contributed by atoms with van der Waals surface area (Å²) in [5, 5.41) is 12.7. The van der Waals surface area contributed by atoms with Crippen LogP contribution in [-0.4, -0.2) is 28.9 Å². The number of aryl methyl sites for hydroxylation is 1. The largest absolute Gasteiger partial charge is 0.310 e. The zero-order chi connectivity index (χ0) is 21.1. The number of rotatable bonds is 4. The van der Waals surface area contributed by atoms with Crippen LogP contribution in [0.3, 0.4) is 0 Å². The molecule has 0 bridgehead atoms. The van der Waals surface area contributed by atoms with Gasteiger partial charge in [-0.25, -0.2) is 5.06 Å². The summed E-state index contributed by atoms with van der Waals surface area (Å²) < 4.78 is 0. The minimum absolute atomic E-state index is 0.0468. The summed E-state index contributed by atoms with van der Waals surface area (Å²) in [5.41, 5.74) is 3.23. The van der Waals surface area contributed by atoms with Gasteiger partial charge in [-0.2, -0.15) is 0 Å². The second kappa shape index (κ2) is 8.34. The molecule has 0 saturated carbocycles. The Morgan fingerprint density at radius 1 is 1.00 bits per heavy atom. The summed E-state index contributed by atoms with van der Waals surface area (Å²) in [4.78, 5) is 31.5. The number of nitro benzene ring substituents is 1. The third kappa shape index (κ3) is 3.88. The molecule has 152 valence electrons. The topological polar surface area (TPSA) is 75.9 Å². The van der Waals surface area contributed by atoms with E-state index >= 15 is 0 Å². The van der Waals surface area contributed by atoms with Gasteiger partial charge in [0.1, 0.15) is 0 Å². The average Bonchev–Trinajstić information content (AvgIpc) is 2.79. The van der Waals surface area contributed by atoms with Gasteiger partial charge in [-0.3, -0.25) is 19.7 Å². The number of amides is 1. The molecule has 0 aromatic heterocycles. The van der Waals surface area contributed by atoms with E-state index in [1.807, 2.05) is 61.5 Å². The van der Waals surface area contributed by atoms with Gasteiger partial charge >= 0.3 is 0 Å². The van der Waals surface area contributed by atoms with Crippen LogP contribution < -0.4 is 5.06 Å². The first-order valence-corrected chi connectivity index (χ1v) is 9.64. The lowest BCUT2D eigenvalue weighted by Crippen LogP contribution is -2.51. The molecule has 0 radical (unpaired) electrons. The molecule has 0 spiro atoms. The Hall–Kier alpha value is -3.71. The van der Waals surface area contributed by atoms with Crippen LogP contribution in [0.4, 0.5) is 11.4 Å². The predicted molar refractivity (Wildman–Crippen MR) is 113 cm³/mol. The normalized spacial score (nSPS) is 16.4. The lowest BCUT2D eigenvalue weighted by molar-refractivity contribution is -0.384. The Kier molecular flexibility index (Phi) is 5.45. The molecule has 1 aliphatic heterocycles. The number of nitro groups is 1. The van der Waals surface area contributed by atoms with Crippen LogP contribution in [-0.2, 0) is 4.84 Å².